The summed E-state index contributed by atoms with van der Waals surface area (Å²) in [5.74, 6) is 0. The molecule has 2 aliphatic rings. The average molecular weight is 511 g/mol. The maximum Gasteiger partial charge on any atom is 0.221 e. The molecule has 0 atom stereocenters. The van der Waals surface area contributed by atoms with Gasteiger partial charge in [-0.3, -0.25) is 10.1 Å². The van der Waals surface area contributed by atoms with E-state index >= 15 is 0 Å². The minimum Gasteiger partial charge on any atom is -0.344 e. The normalized spacial score (nSPS) is 17.7. The van der Waals surface area contributed by atoms with E-state index in [9.17, 15) is 10.1 Å². The number of para-hydroxylation sites is 1. The lowest BCUT2D eigenvalue weighted by Gasteiger charge is -2.28. The zero-order valence-electron chi connectivity index (χ0n) is 23.6. The van der Waals surface area contributed by atoms with Crippen LogP contribution in [0.2, 0.25) is 0 Å². The molecule has 0 spiro atoms. The van der Waals surface area contributed by atoms with Crippen LogP contribution in [-0.2, 0) is 10.8 Å². The number of nitro groups is 1. The van der Waals surface area contributed by atoms with Crippen molar-refractivity contribution in [3.05, 3.63) is 106 Å². The molecule has 5 nitrogen and oxygen atoms in total. The molecule has 38 heavy (non-hydrogen) atoms. The molecule has 0 saturated carbocycles. The number of fused-ring (bicyclic) bond motifs is 4. The second kappa shape index (κ2) is 10.6. The Hall–Kier alpha value is -3.73. The van der Waals surface area contributed by atoms with Gasteiger partial charge >= 0.3 is 0 Å². The zero-order valence-corrected chi connectivity index (χ0v) is 23.6. The van der Waals surface area contributed by atoms with Gasteiger partial charge in [0, 0.05) is 46.0 Å². The van der Waals surface area contributed by atoms with E-state index in [4.69, 9.17) is 0 Å². The van der Waals surface area contributed by atoms with Crippen molar-refractivity contribution in [3.63, 3.8) is 0 Å². The molecule has 198 valence electrons. The van der Waals surface area contributed by atoms with Crippen molar-refractivity contribution >= 4 is 27.9 Å². The van der Waals surface area contributed by atoms with E-state index < -0.39 is 4.92 Å². The van der Waals surface area contributed by atoms with Gasteiger partial charge in [0.15, 0.2) is 5.71 Å². The number of nitrogens with zero attached hydrogens (tertiary/aromatic N) is 3. The summed E-state index contributed by atoms with van der Waals surface area (Å²) in [4.78, 5) is 11.5. The molecule has 0 radical (unpaired) electrons. The molecule has 0 aromatic heterocycles. The Morgan fingerprint density at radius 1 is 1.00 bits per heavy atom. The molecule has 3 aromatic rings. The van der Waals surface area contributed by atoms with Crippen LogP contribution in [0.4, 0.5) is 11.4 Å². The fourth-order valence-electron chi connectivity index (χ4n) is 6.04. The lowest BCUT2D eigenvalue weighted by molar-refractivity contribution is -0.468. The first-order valence-corrected chi connectivity index (χ1v) is 13.5. The van der Waals surface area contributed by atoms with Crippen LogP contribution in [-0.4, -0.2) is 35.3 Å². The topological polar surface area (TPSA) is 49.4 Å². The van der Waals surface area contributed by atoms with Crippen LogP contribution < -0.4 is 4.90 Å². The fourth-order valence-corrected chi connectivity index (χ4v) is 6.04. The SMILES string of the molecule is C=CC[N+](=O)[O-].CCCCN1C(=CC2=[N+](C)c3ccc4ccccc4c3C2(C)C)C(C)(C)c2ccccc21. The lowest BCUT2D eigenvalue weighted by atomic mass is 9.77. The quantitative estimate of drug-likeness (QED) is 0.147. The minimum absolute atomic E-state index is 0.0227. The Kier molecular flexibility index (Phi) is 7.59. The van der Waals surface area contributed by atoms with Crippen molar-refractivity contribution in [2.75, 3.05) is 25.0 Å². The van der Waals surface area contributed by atoms with Gasteiger partial charge in [0.2, 0.25) is 12.2 Å². The van der Waals surface area contributed by atoms with Crippen LogP contribution in [0, 0.1) is 10.1 Å². The summed E-state index contributed by atoms with van der Waals surface area (Å²) in [6.45, 7) is 15.9. The van der Waals surface area contributed by atoms with Gasteiger partial charge in [-0.1, -0.05) is 76.2 Å². The minimum atomic E-state index is -0.438. The monoisotopic (exact) mass is 510 g/mol. The molecule has 5 rings (SSSR count). The third-order valence-electron chi connectivity index (χ3n) is 7.98. The number of benzene rings is 3. The molecule has 0 fully saturated rings. The van der Waals surface area contributed by atoms with Gasteiger partial charge in [0.1, 0.15) is 7.05 Å². The lowest BCUT2D eigenvalue weighted by Crippen LogP contribution is -2.32. The van der Waals surface area contributed by atoms with E-state index in [1.165, 1.54) is 63.6 Å². The zero-order chi connectivity index (χ0) is 27.7. The fraction of sp³-hybridized carbons (Fsp3) is 0.364. The molecule has 0 aliphatic carbocycles. The van der Waals surface area contributed by atoms with Gasteiger partial charge < -0.3 is 4.90 Å². The van der Waals surface area contributed by atoms with Gasteiger partial charge in [-0.15, -0.1) is 0 Å². The maximum absolute atomic E-state index is 9.33. The molecule has 0 unspecified atom stereocenters. The van der Waals surface area contributed by atoms with Crippen molar-refractivity contribution in [3.8, 4) is 0 Å². The highest BCUT2D eigenvalue weighted by Gasteiger charge is 2.47. The second-order valence-corrected chi connectivity index (χ2v) is 11.2. The van der Waals surface area contributed by atoms with Gasteiger partial charge in [-0.05, 0) is 54.8 Å². The van der Waals surface area contributed by atoms with E-state index in [2.05, 4.69) is 124 Å². The number of unbranched alkanes of at least 4 members (excludes halogenated alkanes) is 1. The Morgan fingerprint density at radius 2 is 1.68 bits per heavy atom. The number of hydrogen-bond acceptors (Lipinski definition) is 3. The third kappa shape index (κ3) is 4.66. The summed E-state index contributed by atoms with van der Waals surface area (Å²) in [5.41, 5.74) is 8.28. The van der Waals surface area contributed by atoms with Gasteiger partial charge in [0.05, 0.1) is 5.41 Å². The van der Waals surface area contributed by atoms with Gasteiger partial charge in [0.25, 0.3) is 0 Å². The Balaban J connectivity index is 0.000000505. The van der Waals surface area contributed by atoms with E-state index in [-0.39, 0.29) is 17.4 Å². The van der Waals surface area contributed by atoms with Crippen LogP contribution in [0.3, 0.4) is 0 Å². The predicted molar refractivity (Wildman–Crippen MR) is 160 cm³/mol. The highest BCUT2D eigenvalue weighted by Crippen LogP contribution is 2.49. The smallest absolute Gasteiger partial charge is 0.221 e. The van der Waals surface area contributed by atoms with Crippen molar-refractivity contribution in [2.45, 2.75) is 58.3 Å². The summed E-state index contributed by atoms with van der Waals surface area (Å²) in [6, 6.07) is 22.3. The Bertz CT molecular complexity index is 1450. The van der Waals surface area contributed by atoms with E-state index in [0.717, 1.165) is 6.54 Å². The first-order chi connectivity index (χ1) is 18.1. The largest absolute Gasteiger partial charge is 0.344 e. The molecule has 0 N–H and O–H groups in total. The van der Waals surface area contributed by atoms with E-state index in [0.29, 0.717) is 0 Å². The van der Waals surface area contributed by atoms with E-state index in [1.807, 2.05) is 0 Å². The van der Waals surface area contributed by atoms with Gasteiger partial charge in [-0.2, -0.15) is 4.58 Å². The standard InChI is InChI=1S/C30H35N2.C3H5NO2/c1-7-8-19-32-24-16-12-11-15-23(24)29(2,3)27(32)20-26-30(4,5)28-22-14-10-9-13-21(22)17-18-25(28)31(26)6;1-2-3-4(5)6/h9-18,20H,7-8,19H2,1-6H3;2H,1,3H2/q+1;. The van der Waals surface area contributed by atoms with Crippen LogP contribution in [0.5, 0.6) is 0 Å². The first kappa shape index (κ1) is 27.3. The molecule has 0 saturated heterocycles. The Morgan fingerprint density at radius 3 is 2.34 bits per heavy atom. The maximum atomic E-state index is 9.33. The average Bonchev–Trinajstić information content (AvgIpc) is 3.22. The van der Waals surface area contributed by atoms with Crippen molar-refractivity contribution in [1.82, 2.24) is 0 Å². The highest BCUT2D eigenvalue weighted by molar-refractivity contribution is 6.08. The van der Waals surface area contributed by atoms with Crippen molar-refractivity contribution in [1.29, 1.82) is 0 Å². The predicted octanol–water partition coefficient (Wildman–Crippen LogP) is 7.78. The summed E-state index contributed by atoms with van der Waals surface area (Å²) in [5, 5.41) is 12.0. The van der Waals surface area contributed by atoms with Gasteiger partial charge in [-0.25, -0.2) is 0 Å². The highest BCUT2D eigenvalue weighted by atomic mass is 16.6. The number of allylic oxidation sites excluding steroid dienone is 2. The molecule has 3 aromatic carbocycles. The summed E-state index contributed by atoms with van der Waals surface area (Å²) < 4.78 is 2.42. The van der Waals surface area contributed by atoms with Crippen LogP contribution >= 0.6 is 0 Å². The molecule has 2 aliphatic heterocycles. The van der Waals surface area contributed by atoms with Crippen LogP contribution in [0.1, 0.15) is 58.6 Å². The van der Waals surface area contributed by atoms with Crippen molar-refractivity contribution < 1.29 is 9.50 Å². The summed E-state index contributed by atoms with van der Waals surface area (Å²) >= 11 is 0. The van der Waals surface area contributed by atoms with E-state index in [1.54, 1.807) is 0 Å². The molecule has 0 bridgehead atoms. The Labute approximate surface area is 227 Å². The van der Waals surface area contributed by atoms with Crippen LogP contribution in [0.15, 0.2) is 85.1 Å². The molecule has 2 heterocycles. The number of rotatable bonds is 6. The first-order valence-electron chi connectivity index (χ1n) is 13.5. The number of hydrogen-bond donors (Lipinski definition) is 0. The van der Waals surface area contributed by atoms with Crippen molar-refractivity contribution in [2.24, 2.45) is 0 Å². The molecular weight excluding hydrogens is 470 g/mol. The summed E-state index contributed by atoms with van der Waals surface area (Å²) in [6.07, 6.45) is 6.15. The molecular formula is C33H40N3O2+. The summed E-state index contributed by atoms with van der Waals surface area (Å²) in [7, 11) is 2.24. The van der Waals surface area contributed by atoms with Crippen LogP contribution in [0.25, 0.3) is 10.8 Å². The third-order valence-corrected chi connectivity index (χ3v) is 7.98. The molecule has 0 amide bonds. The second-order valence-electron chi connectivity index (χ2n) is 11.2. The molecule has 5 heteroatoms. The number of anilines is 1.